The van der Waals surface area contributed by atoms with Gasteiger partial charge in [-0.1, -0.05) is 37.0 Å². The van der Waals surface area contributed by atoms with E-state index < -0.39 is 0 Å². The zero-order chi connectivity index (χ0) is 16.7. The van der Waals surface area contributed by atoms with E-state index in [4.69, 9.17) is 0 Å². The Kier molecular flexibility index (Phi) is 5.70. The highest BCUT2D eigenvalue weighted by atomic mass is 16.2. The van der Waals surface area contributed by atoms with Crippen LogP contribution in [0.2, 0.25) is 0 Å². The molecule has 1 atom stereocenters. The first kappa shape index (κ1) is 16.5. The van der Waals surface area contributed by atoms with E-state index in [1.54, 1.807) is 4.90 Å². The lowest BCUT2D eigenvalue weighted by atomic mass is 10.2. The van der Waals surface area contributed by atoms with Crippen molar-refractivity contribution in [3.63, 3.8) is 0 Å². The summed E-state index contributed by atoms with van der Waals surface area (Å²) in [6, 6.07) is 9.65. The van der Waals surface area contributed by atoms with Gasteiger partial charge in [-0.2, -0.15) is 0 Å². The Labute approximate surface area is 135 Å². The van der Waals surface area contributed by atoms with Crippen LogP contribution in [0.4, 0.5) is 0 Å². The monoisotopic (exact) mass is 309 g/mol. The second-order valence-electron chi connectivity index (χ2n) is 5.15. The van der Waals surface area contributed by atoms with Crippen molar-refractivity contribution in [2.24, 2.45) is 0 Å². The van der Waals surface area contributed by atoms with Crippen LogP contribution < -0.4 is 5.56 Å². The van der Waals surface area contributed by atoms with E-state index in [2.05, 4.69) is 21.8 Å². The van der Waals surface area contributed by atoms with E-state index in [0.717, 1.165) is 18.2 Å². The predicted molar refractivity (Wildman–Crippen MR) is 89.0 cm³/mol. The molecule has 0 aliphatic rings. The van der Waals surface area contributed by atoms with Crippen molar-refractivity contribution >= 4 is 5.91 Å². The normalized spacial score (nSPS) is 11.2. The van der Waals surface area contributed by atoms with Gasteiger partial charge in [-0.25, -0.2) is 4.98 Å². The molecular formula is C18H19N3O2. The summed E-state index contributed by atoms with van der Waals surface area (Å²) < 4.78 is 0. The van der Waals surface area contributed by atoms with Gasteiger partial charge in [0.2, 0.25) is 0 Å². The molecule has 2 rings (SSSR count). The van der Waals surface area contributed by atoms with Gasteiger partial charge in [-0.3, -0.25) is 9.59 Å². The van der Waals surface area contributed by atoms with Crippen LogP contribution in [0, 0.1) is 11.8 Å². The maximum atomic E-state index is 12.6. The summed E-state index contributed by atoms with van der Waals surface area (Å²) in [7, 11) is 0. The van der Waals surface area contributed by atoms with Crippen LogP contribution in [0.1, 0.15) is 36.3 Å². The third-order valence-corrected chi connectivity index (χ3v) is 3.53. The average Bonchev–Trinajstić information content (AvgIpc) is 2.59. The van der Waals surface area contributed by atoms with E-state index in [-0.39, 0.29) is 23.2 Å². The summed E-state index contributed by atoms with van der Waals surface area (Å²) in [4.78, 5) is 31.7. The SMILES string of the molecule is CCC(C)N(CC#Cc1ccccc1)C(=O)c1c[nH]c(=O)cn1. The number of rotatable bonds is 4. The van der Waals surface area contributed by atoms with E-state index in [0.29, 0.717) is 6.54 Å². The molecule has 0 fully saturated rings. The van der Waals surface area contributed by atoms with Crippen molar-refractivity contribution in [1.29, 1.82) is 0 Å². The fourth-order valence-corrected chi connectivity index (χ4v) is 2.00. The Balaban J connectivity index is 2.17. The van der Waals surface area contributed by atoms with Crippen LogP contribution in [0.15, 0.2) is 47.5 Å². The Morgan fingerprint density at radius 3 is 2.70 bits per heavy atom. The lowest BCUT2D eigenvalue weighted by Gasteiger charge is -2.26. The fraction of sp³-hybridized carbons (Fsp3) is 0.278. The Bertz CT molecular complexity index is 752. The van der Waals surface area contributed by atoms with Crippen LogP contribution in [0.3, 0.4) is 0 Å². The maximum absolute atomic E-state index is 12.6. The van der Waals surface area contributed by atoms with Gasteiger partial charge in [0.1, 0.15) is 5.69 Å². The average molecular weight is 309 g/mol. The third kappa shape index (κ3) is 4.55. The lowest BCUT2D eigenvalue weighted by molar-refractivity contribution is 0.0710. The minimum absolute atomic E-state index is 0.0290. The molecule has 118 valence electrons. The number of carbonyl (C=O) groups excluding carboxylic acids is 1. The van der Waals surface area contributed by atoms with Crippen LogP contribution >= 0.6 is 0 Å². The summed E-state index contributed by atoms with van der Waals surface area (Å²) in [6.07, 6.45) is 3.25. The summed E-state index contributed by atoms with van der Waals surface area (Å²) in [5.74, 6) is 5.84. The molecule has 1 unspecified atom stereocenters. The molecule has 0 radical (unpaired) electrons. The first-order chi connectivity index (χ1) is 11.1. The van der Waals surface area contributed by atoms with Crippen LogP contribution in [0.5, 0.6) is 0 Å². The van der Waals surface area contributed by atoms with Gasteiger partial charge < -0.3 is 9.88 Å². The molecule has 1 amide bonds. The molecule has 0 spiro atoms. The summed E-state index contributed by atoms with van der Waals surface area (Å²) in [5, 5.41) is 0. The number of hydrogen-bond donors (Lipinski definition) is 1. The van der Waals surface area contributed by atoms with Crippen molar-refractivity contribution in [3.8, 4) is 11.8 Å². The van der Waals surface area contributed by atoms with Crippen molar-refractivity contribution in [3.05, 3.63) is 64.3 Å². The third-order valence-electron chi connectivity index (χ3n) is 3.53. The number of H-pyrrole nitrogens is 1. The quantitative estimate of drug-likeness (QED) is 0.879. The second kappa shape index (κ2) is 7.95. The molecular weight excluding hydrogens is 290 g/mol. The van der Waals surface area contributed by atoms with Gasteiger partial charge in [0, 0.05) is 17.8 Å². The van der Waals surface area contributed by atoms with E-state index >= 15 is 0 Å². The molecule has 0 saturated carbocycles. The first-order valence-electron chi connectivity index (χ1n) is 7.51. The van der Waals surface area contributed by atoms with Crippen LogP contribution in [-0.2, 0) is 0 Å². The van der Waals surface area contributed by atoms with Gasteiger partial charge in [0.25, 0.3) is 11.5 Å². The molecule has 23 heavy (non-hydrogen) atoms. The molecule has 0 aliphatic carbocycles. The highest BCUT2D eigenvalue weighted by Crippen LogP contribution is 2.08. The molecule has 1 N–H and O–H groups in total. The molecule has 2 aromatic rings. The Morgan fingerprint density at radius 2 is 2.09 bits per heavy atom. The molecule has 0 bridgehead atoms. The fourth-order valence-electron chi connectivity index (χ4n) is 2.00. The lowest BCUT2D eigenvalue weighted by Crippen LogP contribution is -2.39. The maximum Gasteiger partial charge on any atom is 0.274 e. The summed E-state index contributed by atoms with van der Waals surface area (Å²) >= 11 is 0. The van der Waals surface area contributed by atoms with Crippen molar-refractivity contribution < 1.29 is 4.79 Å². The molecule has 0 aliphatic heterocycles. The predicted octanol–water partition coefficient (Wildman–Crippen LogP) is 2.06. The number of benzene rings is 1. The van der Waals surface area contributed by atoms with Gasteiger partial charge >= 0.3 is 0 Å². The number of aromatic amines is 1. The summed E-state index contributed by atoms with van der Waals surface area (Å²) in [5.41, 5.74) is 0.790. The molecule has 5 heteroatoms. The minimum Gasteiger partial charge on any atom is -0.325 e. The standard InChI is InChI=1S/C18H19N3O2/c1-3-14(2)21(11-7-10-15-8-5-4-6-9-15)18(23)16-12-20-17(22)13-19-16/h4-6,8-9,12-14H,3,11H2,1-2H3,(H,20,22). The van der Waals surface area contributed by atoms with Gasteiger partial charge in [-0.05, 0) is 25.5 Å². The molecule has 5 nitrogen and oxygen atoms in total. The summed E-state index contributed by atoms with van der Waals surface area (Å²) in [6.45, 7) is 4.28. The molecule has 1 aromatic heterocycles. The number of nitrogens with zero attached hydrogens (tertiary/aromatic N) is 2. The van der Waals surface area contributed by atoms with E-state index in [1.165, 1.54) is 6.20 Å². The highest BCUT2D eigenvalue weighted by Gasteiger charge is 2.20. The zero-order valence-electron chi connectivity index (χ0n) is 13.2. The Hall–Kier alpha value is -2.87. The van der Waals surface area contributed by atoms with Crippen LogP contribution in [-0.4, -0.2) is 33.4 Å². The molecule has 1 aromatic carbocycles. The topological polar surface area (TPSA) is 66.1 Å². The zero-order valence-corrected chi connectivity index (χ0v) is 13.2. The van der Waals surface area contributed by atoms with E-state index in [1.807, 2.05) is 44.2 Å². The molecule has 1 heterocycles. The van der Waals surface area contributed by atoms with Gasteiger partial charge in [-0.15, -0.1) is 0 Å². The number of carbonyl (C=O) groups is 1. The smallest absolute Gasteiger partial charge is 0.274 e. The van der Waals surface area contributed by atoms with Crippen molar-refractivity contribution in [1.82, 2.24) is 14.9 Å². The second-order valence-corrected chi connectivity index (χ2v) is 5.15. The molecule has 0 saturated heterocycles. The number of hydrogen-bond acceptors (Lipinski definition) is 3. The van der Waals surface area contributed by atoms with E-state index in [9.17, 15) is 9.59 Å². The number of nitrogens with one attached hydrogen (secondary N) is 1. The highest BCUT2D eigenvalue weighted by molar-refractivity contribution is 5.92. The minimum atomic E-state index is -0.333. The van der Waals surface area contributed by atoms with Crippen molar-refractivity contribution in [2.75, 3.05) is 6.54 Å². The first-order valence-corrected chi connectivity index (χ1v) is 7.51. The number of aromatic nitrogens is 2. The largest absolute Gasteiger partial charge is 0.325 e. The number of amides is 1. The Morgan fingerprint density at radius 1 is 1.35 bits per heavy atom. The van der Waals surface area contributed by atoms with Crippen molar-refractivity contribution in [2.45, 2.75) is 26.3 Å². The van der Waals surface area contributed by atoms with Gasteiger partial charge in [0.15, 0.2) is 0 Å². The van der Waals surface area contributed by atoms with Crippen LogP contribution in [0.25, 0.3) is 0 Å². The van der Waals surface area contributed by atoms with Gasteiger partial charge in [0.05, 0.1) is 12.7 Å².